The van der Waals surface area contributed by atoms with Crippen molar-refractivity contribution in [3.8, 4) is 11.1 Å². The van der Waals surface area contributed by atoms with Gasteiger partial charge in [-0.1, -0.05) is 12.1 Å². The Bertz CT molecular complexity index is 842. The third-order valence-corrected chi connectivity index (χ3v) is 3.72. The molecule has 6 nitrogen and oxygen atoms in total. The molecule has 23 heavy (non-hydrogen) atoms. The molecule has 2 aromatic heterocycles. The second kappa shape index (κ2) is 5.57. The fourth-order valence-electron chi connectivity index (χ4n) is 2.54. The van der Waals surface area contributed by atoms with Crippen LogP contribution >= 0.6 is 0 Å². The van der Waals surface area contributed by atoms with Crippen molar-refractivity contribution >= 4 is 17.5 Å². The Balaban J connectivity index is 1.50. The van der Waals surface area contributed by atoms with Crippen molar-refractivity contribution in [3.63, 3.8) is 0 Å². The van der Waals surface area contributed by atoms with E-state index in [-0.39, 0.29) is 5.91 Å². The van der Waals surface area contributed by atoms with Crippen molar-refractivity contribution < 1.29 is 9.21 Å². The van der Waals surface area contributed by atoms with Crippen molar-refractivity contribution in [3.05, 3.63) is 60.3 Å². The van der Waals surface area contributed by atoms with Crippen LogP contribution in [0.15, 0.2) is 53.4 Å². The summed E-state index contributed by atoms with van der Waals surface area (Å²) in [4.78, 5) is 20.0. The molecule has 0 aliphatic carbocycles. The average molecular weight is 306 g/mol. The van der Waals surface area contributed by atoms with Crippen molar-refractivity contribution in [2.75, 3.05) is 10.6 Å². The van der Waals surface area contributed by atoms with Gasteiger partial charge in [0.15, 0.2) is 0 Å². The van der Waals surface area contributed by atoms with E-state index >= 15 is 0 Å². The quantitative estimate of drug-likeness (QED) is 0.774. The molecule has 3 aromatic rings. The van der Waals surface area contributed by atoms with E-state index in [1.165, 1.54) is 0 Å². The number of aromatic nitrogens is 2. The molecule has 0 atom stereocenters. The summed E-state index contributed by atoms with van der Waals surface area (Å²) in [5, 5.41) is 5.95. The monoisotopic (exact) mass is 306 g/mol. The maximum Gasteiger partial charge on any atom is 0.228 e. The van der Waals surface area contributed by atoms with E-state index in [1.807, 2.05) is 30.3 Å². The first-order valence-electron chi connectivity index (χ1n) is 7.29. The van der Waals surface area contributed by atoms with E-state index < -0.39 is 0 Å². The van der Waals surface area contributed by atoms with E-state index in [2.05, 4.69) is 20.6 Å². The van der Waals surface area contributed by atoms with Gasteiger partial charge in [0, 0.05) is 23.6 Å². The minimum atomic E-state index is 0.0332. The summed E-state index contributed by atoms with van der Waals surface area (Å²) in [5.74, 6) is 1.40. The number of furan rings is 1. The van der Waals surface area contributed by atoms with E-state index in [0.717, 1.165) is 28.1 Å². The van der Waals surface area contributed by atoms with E-state index in [0.29, 0.717) is 18.9 Å². The number of fused-ring (bicyclic) bond motifs is 1. The van der Waals surface area contributed by atoms with Crippen LogP contribution in [0.25, 0.3) is 11.1 Å². The van der Waals surface area contributed by atoms with Crippen molar-refractivity contribution in [1.29, 1.82) is 0 Å². The molecule has 1 aliphatic heterocycles. The average Bonchev–Trinajstić information content (AvgIpc) is 3.21. The lowest BCUT2D eigenvalue weighted by Crippen LogP contribution is -2.03. The van der Waals surface area contributed by atoms with Gasteiger partial charge in [-0.15, -0.1) is 0 Å². The van der Waals surface area contributed by atoms with Gasteiger partial charge in [0.2, 0.25) is 11.9 Å². The minimum absolute atomic E-state index is 0.0332. The molecule has 1 aromatic carbocycles. The molecule has 0 bridgehead atoms. The van der Waals surface area contributed by atoms with Crippen LogP contribution in [0.5, 0.6) is 0 Å². The Morgan fingerprint density at radius 2 is 2.04 bits per heavy atom. The van der Waals surface area contributed by atoms with Gasteiger partial charge in [-0.3, -0.25) is 4.79 Å². The van der Waals surface area contributed by atoms with Gasteiger partial charge < -0.3 is 15.1 Å². The van der Waals surface area contributed by atoms with Gasteiger partial charge >= 0.3 is 0 Å². The van der Waals surface area contributed by atoms with Crippen LogP contribution in [0.1, 0.15) is 11.3 Å². The molecule has 3 heterocycles. The van der Waals surface area contributed by atoms with Crippen LogP contribution in [0.4, 0.5) is 11.6 Å². The van der Waals surface area contributed by atoms with Crippen LogP contribution in [0.3, 0.4) is 0 Å². The number of anilines is 2. The molecular formula is C17H14N4O2. The SMILES string of the molecule is O=C1Cc2ccc(-c3cnc(NCc4ccco4)nc3)cc2N1. The summed E-state index contributed by atoms with van der Waals surface area (Å²) in [6, 6.07) is 9.63. The number of hydrogen-bond donors (Lipinski definition) is 2. The Labute approximate surface area is 132 Å². The second-order valence-electron chi connectivity index (χ2n) is 5.33. The molecule has 0 unspecified atom stereocenters. The van der Waals surface area contributed by atoms with Crippen LogP contribution < -0.4 is 10.6 Å². The molecule has 0 fully saturated rings. The number of carbonyl (C=O) groups is 1. The summed E-state index contributed by atoms with van der Waals surface area (Å²) < 4.78 is 5.25. The molecule has 0 saturated carbocycles. The fraction of sp³-hybridized carbons (Fsp3) is 0.118. The van der Waals surface area contributed by atoms with Gasteiger partial charge in [0.1, 0.15) is 5.76 Å². The predicted octanol–water partition coefficient (Wildman–Crippen LogP) is 2.84. The van der Waals surface area contributed by atoms with Crippen molar-refractivity contribution in [1.82, 2.24) is 9.97 Å². The topological polar surface area (TPSA) is 80.1 Å². The number of rotatable bonds is 4. The van der Waals surface area contributed by atoms with Crippen LogP contribution in [0.2, 0.25) is 0 Å². The van der Waals surface area contributed by atoms with Crippen molar-refractivity contribution in [2.45, 2.75) is 13.0 Å². The highest BCUT2D eigenvalue weighted by molar-refractivity contribution is 5.99. The van der Waals surface area contributed by atoms with Gasteiger partial charge in [0.25, 0.3) is 0 Å². The van der Waals surface area contributed by atoms with E-state index in [4.69, 9.17) is 4.42 Å². The molecule has 0 spiro atoms. The number of amides is 1. The van der Waals surface area contributed by atoms with Gasteiger partial charge in [0.05, 0.1) is 19.2 Å². The Morgan fingerprint density at radius 3 is 2.83 bits per heavy atom. The molecule has 2 N–H and O–H groups in total. The Morgan fingerprint density at radius 1 is 1.17 bits per heavy atom. The molecule has 0 radical (unpaired) electrons. The largest absolute Gasteiger partial charge is 0.467 e. The number of carbonyl (C=O) groups excluding carboxylic acids is 1. The van der Waals surface area contributed by atoms with Gasteiger partial charge in [-0.25, -0.2) is 9.97 Å². The summed E-state index contributed by atoms with van der Waals surface area (Å²) in [7, 11) is 0. The number of nitrogens with zero attached hydrogens (tertiary/aromatic N) is 2. The van der Waals surface area contributed by atoms with E-state index in [9.17, 15) is 4.79 Å². The first-order chi connectivity index (χ1) is 11.3. The summed E-state index contributed by atoms with van der Waals surface area (Å²) in [6.07, 6.45) is 5.60. The van der Waals surface area contributed by atoms with Crippen LogP contribution in [-0.4, -0.2) is 15.9 Å². The molecule has 0 saturated heterocycles. The zero-order chi connectivity index (χ0) is 15.6. The zero-order valence-electron chi connectivity index (χ0n) is 12.2. The van der Waals surface area contributed by atoms with E-state index in [1.54, 1.807) is 18.7 Å². The highest BCUT2D eigenvalue weighted by atomic mass is 16.3. The fourth-order valence-corrected chi connectivity index (χ4v) is 2.54. The Kier molecular flexibility index (Phi) is 3.27. The smallest absolute Gasteiger partial charge is 0.228 e. The lowest BCUT2D eigenvalue weighted by molar-refractivity contribution is -0.115. The first kappa shape index (κ1) is 13.5. The minimum Gasteiger partial charge on any atom is -0.467 e. The number of benzene rings is 1. The number of hydrogen-bond acceptors (Lipinski definition) is 5. The molecule has 4 rings (SSSR count). The number of nitrogens with one attached hydrogen (secondary N) is 2. The lowest BCUT2D eigenvalue weighted by Gasteiger charge is -2.06. The van der Waals surface area contributed by atoms with Crippen LogP contribution in [0, 0.1) is 0 Å². The first-order valence-corrected chi connectivity index (χ1v) is 7.29. The lowest BCUT2D eigenvalue weighted by atomic mass is 10.1. The Hall–Kier alpha value is -3.15. The highest BCUT2D eigenvalue weighted by Gasteiger charge is 2.17. The standard InChI is InChI=1S/C17H14N4O2/c22-16-7-12-4-3-11(6-15(12)21-16)13-8-18-17(19-9-13)20-10-14-2-1-5-23-14/h1-6,8-9H,7,10H2,(H,21,22)(H,18,19,20). The third-order valence-electron chi connectivity index (χ3n) is 3.72. The third kappa shape index (κ3) is 2.78. The molecule has 1 aliphatic rings. The highest BCUT2D eigenvalue weighted by Crippen LogP contribution is 2.28. The second-order valence-corrected chi connectivity index (χ2v) is 5.33. The van der Waals surface area contributed by atoms with Gasteiger partial charge in [-0.05, 0) is 29.3 Å². The van der Waals surface area contributed by atoms with Crippen LogP contribution in [-0.2, 0) is 17.8 Å². The normalized spacial score (nSPS) is 12.8. The maximum absolute atomic E-state index is 11.4. The summed E-state index contributed by atoms with van der Waals surface area (Å²) in [6.45, 7) is 0.539. The summed E-state index contributed by atoms with van der Waals surface area (Å²) >= 11 is 0. The zero-order valence-corrected chi connectivity index (χ0v) is 12.2. The van der Waals surface area contributed by atoms with Crippen molar-refractivity contribution in [2.24, 2.45) is 0 Å². The maximum atomic E-state index is 11.4. The predicted molar refractivity (Wildman–Crippen MR) is 85.8 cm³/mol. The van der Waals surface area contributed by atoms with Gasteiger partial charge in [-0.2, -0.15) is 0 Å². The summed E-state index contributed by atoms with van der Waals surface area (Å²) in [5.41, 5.74) is 3.77. The molecule has 6 heteroatoms. The molecular weight excluding hydrogens is 292 g/mol. The molecule has 1 amide bonds. The molecule has 114 valence electrons.